The van der Waals surface area contributed by atoms with Crippen LogP contribution in [0.5, 0.6) is 0 Å². The third-order valence-corrected chi connectivity index (χ3v) is 7.63. The van der Waals surface area contributed by atoms with Gasteiger partial charge >= 0.3 is 0 Å². The number of carbonyl (C=O) groups is 2. The zero-order chi connectivity index (χ0) is 24.4. The van der Waals surface area contributed by atoms with Gasteiger partial charge in [0.2, 0.25) is 5.91 Å². The van der Waals surface area contributed by atoms with Gasteiger partial charge in [0.1, 0.15) is 17.0 Å². The number of carbonyl (C=O) groups excluding carboxylic acids is 2. The smallest absolute Gasteiger partial charge is 0.271 e. The number of fused-ring (bicyclic) bond motifs is 1. The number of hydrogen-bond donors (Lipinski definition) is 1. The Morgan fingerprint density at radius 2 is 1.77 bits per heavy atom. The summed E-state index contributed by atoms with van der Waals surface area (Å²) < 4.78 is 7.59. The molecule has 1 N–H and O–H groups in total. The van der Waals surface area contributed by atoms with Crippen LogP contribution >= 0.6 is 0 Å². The van der Waals surface area contributed by atoms with Crippen LogP contribution in [0.1, 0.15) is 73.5 Å². The van der Waals surface area contributed by atoms with Gasteiger partial charge in [0.25, 0.3) is 5.91 Å². The summed E-state index contributed by atoms with van der Waals surface area (Å²) in [6.45, 7) is 4.72. The zero-order valence-corrected chi connectivity index (χ0v) is 20.8. The molecule has 6 heteroatoms. The third kappa shape index (κ3) is 4.66. The van der Waals surface area contributed by atoms with Crippen molar-refractivity contribution in [2.24, 2.45) is 0 Å². The number of aromatic nitrogens is 1. The van der Waals surface area contributed by atoms with Crippen LogP contribution < -0.4 is 5.32 Å². The van der Waals surface area contributed by atoms with Crippen LogP contribution in [-0.4, -0.2) is 32.9 Å². The topological polar surface area (TPSA) is 67.5 Å². The number of rotatable bonds is 5. The van der Waals surface area contributed by atoms with E-state index in [-0.39, 0.29) is 17.9 Å². The molecule has 6 nitrogen and oxygen atoms in total. The Kier molecular flexibility index (Phi) is 6.54. The lowest BCUT2D eigenvalue weighted by Crippen LogP contribution is -2.64. The molecule has 184 valence electrons. The third-order valence-electron chi connectivity index (χ3n) is 7.63. The van der Waals surface area contributed by atoms with Gasteiger partial charge in [0.15, 0.2) is 0 Å². The van der Waals surface area contributed by atoms with Gasteiger partial charge in [-0.25, -0.2) is 0 Å². The number of amides is 2. The van der Waals surface area contributed by atoms with Gasteiger partial charge in [-0.1, -0.05) is 61.9 Å². The van der Waals surface area contributed by atoms with Gasteiger partial charge in [-0.3, -0.25) is 9.59 Å². The monoisotopic (exact) mass is 473 g/mol. The van der Waals surface area contributed by atoms with E-state index in [1.807, 2.05) is 60.9 Å². The summed E-state index contributed by atoms with van der Waals surface area (Å²) in [7, 11) is 0. The summed E-state index contributed by atoms with van der Waals surface area (Å²) in [5.41, 5.74) is 2.53. The standard InChI is InChI=1S/C29H35N3O3/c1-21-10-8-11-22(18-21)19-32-27(33)25-16-15-24(26-14-9-17-35-26)31(25)20-29(32,2)28(34)30-23-12-6-4-3-5-7-13-23/h8-11,14-18,23H,3-7,12-13,19-20H2,1-2H3,(H,30,34). The second-order valence-corrected chi connectivity index (χ2v) is 10.3. The van der Waals surface area contributed by atoms with Crippen LogP contribution in [0.25, 0.3) is 11.5 Å². The predicted molar refractivity (Wildman–Crippen MR) is 136 cm³/mol. The highest BCUT2D eigenvalue weighted by Crippen LogP contribution is 2.34. The van der Waals surface area contributed by atoms with E-state index in [1.54, 1.807) is 11.2 Å². The number of aryl methyl sites for hydroxylation is 1. The SMILES string of the molecule is Cc1cccc(CN2C(=O)c3ccc(-c4ccco4)n3CC2(C)C(=O)NC2CCCCCCC2)c1. The van der Waals surface area contributed by atoms with Gasteiger partial charge in [0.05, 0.1) is 18.5 Å². The lowest BCUT2D eigenvalue weighted by Gasteiger charge is -2.45. The predicted octanol–water partition coefficient (Wildman–Crippen LogP) is 5.70. The van der Waals surface area contributed by atoms with E-state index in [9.17, 15) is 9.59 Å². The lowest BCUT2D eigenvalue weighted by molar-refractivity contribution is -0.134. The molecule has 1 fully saturated rings. The first-order valence-corrected chi connectivity index (χ1v) is 12.9. The minimum Gasteiger partial charge on any atom is -0.463 e. The first kappa shape index (κ1) is 23.5. The van der Waals surface area contributed by atoms with Crippen LogP contribution in [0.4, 0.5) is 0 Å². The summed E-state index contributed by atoms with van der Waals surface area (Å²) >= 11 is 0. The van der Waals surface area contributed by atoms with Crippen molar-refractivity contribution in [3.05, 3.63) is 71.6 Å². The Hall–Kier alpha value is -3.28. The van der Waals surface area contributed by atoms with Gasteiger partial charge < -0.3 is 19.2 Å². The van der Waals surface area contributed by atoms with E-state index in [4.69, 9.17) is 4.42 Å². The molecule has 2 aliphatic rings. The van der Waals surface area contributed by atoms with Gasteiger partial charge in [-0.15, -0.1) is 0 Å². The first-order chi connectivity index (χ1) is 17.0. The van der Waals surface area contributed by atoms with Crippen molar-refractivity contribution in [3.63, 3.8) is 0 Å². The molecule has 1 aromatic carbocycles. The zero-order valence-electron chi connectivity index (χ0n) is 20.8. The number of nitrogens with one attached hydrogen (secondary N) is 1. The van der Waals surface area contributed by atoms with Crippen LogP contribution in [0.2, 0.25) is 0 Å². The van der Waals surface area contributed by atoms with Gasteiger partial charge in [-0.05, 0) is 56.5 Å². The van der Waals surface area contributed by atoms with E-state index < -0.39 is 5.54 Å². The maximum Gasteiger partial charge on any atom is 0.271 e. The van der Waals surface area contributed by atoms with Crippen molar-refractivity contribution in [2.45, 2.75) is 83.5 Å². The van der Waals surface area contributed by atoms with Crippen LogP contribution in [0.15, 0.2) is 59.2 Å². The molecule has 0 saturated heterocycles. The van der Waals surface area contributed by atoms with E-state index in [0.29, 0.717) is 24.5 Å². The molecule has 3 heterocycles. The molecule has 0 spiro atoms. The average Bonchev–Trinajstić information content (AvgIpc) is 3.48. The van der Waals surface area contributed by atoms with Crippen molar-refractivity contribution < 1.29 is 14.0 Å². The maximum absolute atomic E-state index is 14.0. The molecule has 2 aromatic heterocycles. The molecule has 0 radical (unpaired) electrons. The lowest BCUT2D eigenvalue weighted by atomic mass is 9.91. The van der Waals surface area contributed by atoms with Crippen molar-refractivity contribution in [2.75, 3.05) is 0 Å². The van der Waals surface area contributed by atoms with Crippen molar-refractivity contribution in [1.29, 1.82) is 0 Å². The summed E-state index contributed by atoms with van der Waals surface area (Å²) in [6.07, 6.45) is 9.63. The Labute approximate surface area is 207 Å². The van der Waals surface area contributed by atoms with Gasteiger partial charge in [0, 0.05) is 12.6 Å². The molecular weight excluding hydrogens is 438 g/mol. The van der Waals surface area contributed by atoms with Crippen LogP contribution in [0, 0.1) is 6.92 Å². The second kappa shape index (κ2) is 9.76. The van der Waals surface area contributed by atoms with Crippen LogP contribution in [0.3, 0.4) is 0 Å². The average molecular weight is 474 g/mol. The molecular formula is C29H35N3O3. The fraction of sp³-hybridized carbons (Fsp3) is 0.448. The van der Waals surface area contributed by atoms with E-state index in [2.05, 4.69) is 11.4 Å². The maximum atomic E-state index is 14.0. The van der Waals surface area contributed by atoms with Crippen molar-refractivity contribution >= 4 is 11.8 Å². The fourth-order valence-electron chi connectivity index (χ4n) is 5.59. The minimum atomic E-state index is -1.03. The molecule has 1 aliphatic heterocycles. The highest BCUT2D eigenvalue weighted by molar-refractivity contribution is 6.00. The summed E-state index contributed by atoms with van der Waals surface area (Å²) in [5.74, 6) is 0.485. The van der Waals surface area contributed by atoms with E-state index >= 15 is 0 Å². The van der Waals surface area contributed by atoms with E-state index in [0.717, 1.165) is 42.5 Å². The molecule has 1 aliphatic carbocycles. The largest absolute Gasteiger partial charge is 0.463 e. The minimum absolute atomic E-state index is 0.0752. The Balaban J connectivity index is 1.50. The van der Waals surface area contributed by atoms with Crippen molar-refractivity contribution in [3.8, 4) is 11.5 Å². The van der Waals surface area contributed by atoms with Crippen molar-refractivity contribution in [1.82, 2.24) is 14.8 Å². The number of hydrogen-bond acceptors (Lipinski definition) is 3. The van der Waals surface area contributed by atoms with E-state index in [1.165, 1.54) is 19.3 Å². The normalized spacial score (nSPS) is 21.3. The molecule has 35 heavy (non-hydrogen) atoms. The number of furan rings is 1. The van der Waals surface area contributed by atoms with Gasteiger partial charge in [-0.2, -0.15) is 0 Å². The first-order valence-electron chi connectivity index (χ1n) is 12.9. The molecule has 3 aromatic rings. The highest BCUT2D eigenvalue weighted by Gasteiger charge is 2.48. The molecule has 1 atom stereocenters. The second-order valence-electron chi connectivity index (χ2n) is 10.3. The number of benzene rings is 1. The summed E-state index contributed by atoms with van der Waals surface area (Å²) in [5, 5.41) is 3.35. The Morgan fingerprint density at radius 3 is 2.49 bits per heavy atom. The molecule has 1 unspecified atom stereocenters. The summed E-state index contributed by atoms with van der Waals surface area (Å²) in [4.78, 5) is 29.6. The highest BCUT2D eigenvalue weighted by atomic mass is 16.3. The molecule has 5 rings (SSSR count). The molecule has 2 amide bonds. The number of nitrogens with zero attached hydrogens (tertiary/aromatic N) is 2. The molecule has 0 bridgehead atoms. The fourth-order valence-corrected chi connectivity index (χ4v) is 5.59. The molecule has 1 saturated carbocycles. The quantitative estimate of drug-likeness (QED) is 0.517. The summed E-state index contributed by atoms with van der Waals surface area (Å²) in [6, 6.07) is 15.8. The Morgan fingerprint density at radius 1 is 1.03 bits per heavy atom. The Bertz CT molecular complexity index is 1190. The van der Waals surface area contributed by atoms with Crippen LogP contribution in [-0.2, 0) is 17.9 Å².